The molecule has 0 saturated carbocycles. The molecule has 0 aromatic heterocycles. The molecule has 0 heterocycles. The molecule has 0 rings (SSSR count). The molecule has 76 valence electrons. The third-order valence-corrected chi connectivity index (χ3v) is 1.43. The molecule has 0 saturated heterocycles. The third-order valence-electron chi connectivity index (χ3n) is 1.43. The molecule has 1 amide bonds. The van der Waals surface area contributed by atoms with E-state index in [1.54, 1.807) is 27.7 Å². The first-order valence-electron chi connectivity index (χ1n) is 4.28. The van der Waals surface area contributed by atoms with Crippen LogP contribution in [-0.4, -0.2) is 28.9 Å². The van der Waals surface area contributed by atoms with Gasteiger partial charge < -0.3 is 10.4 Å². The van der Waals surface area contributed by atoms with Gasteiger partial charge in [0.25, 0.3) is 5.91 Å². The standard InChI is InChI=1S/C9H17NO3/c1-6(2)7(11)8(12)10-5-9(3,4)13/h6,13H,5H2,1-4H3,(H,10,12). The molecule has 0 bridgehead atoms. The van der Waals surface area contributed by atoms with Crippen LogP contribution >= 0.6 is 0 Å². The Labute approximate surface area is 78.3 Å². The maximum absolute atomic E-state index is 11.1. The number of hydrogen-bond acceptors (Lipinski definition) is 3. The fourth-order valence-electron chi connectivity index (χ4n) is 0.646. The van der Waals surface area contributed by atoms with Gasteiger partial charge in [0, 0.05) is 12.5 Å². The predicted octanol–water partition coefficient (Wildman–Crippen LogP) is 0.0986. The summed E-state index contributed by atoms with van der Waals surface area (Å²) in [7, 11) is 0. The summed E-state index contributed by atoms with van der Waals surface area (Å²) in [6.07, 6.45) is 0. The summed E-state index contributed by atoms with van der Waals surface area (Å²) < 4.78 is 0. The van der Waals surface area contributed by atoms with Crippen molar-refractivity contribution in [3.8, 4) is 0 Å². The summed E-state index contributed by atoms with van der Waals surface area (Å²) >= 11 is 0. The zero-order valence-electron chi connectivity index (χ0n) is 8.55. The van der Waals surface area contributed by atoms with Gasteiger partial charge in [0.15, 0.2) is 0 Å². The number of rotatable bonds is 4. The number of amides is 1. The van der Waals surface area contributed by atoms with E-state index in [0.29, 0.717) is 0 Å². The van der Waals surface area contributed by atoms with Gasteiger partial charge in [0.1, 0.15) is 0 Å². The molecule has 2 N–H and O–H groups in total. The molecule has 0 aliphatic carbocycles. The zero-order valence-corrected chi connectivity index (χ0v) is 8.55. The van der Waals surface area contributed by atoms with E-state index in [0.717, 1.165) is 0 Å². The number of carbonyl (C=O) groups excluding carboxylic acids is 2. The lowest BCUT2D eigenvalue weighted by Crippen LogP contribution is -2.42. The lowest BCUT2D eigenvalue weighted by molar-refractivity contribution is -0.140. The van der Waals surface area contributed by atoms with E-state index in [9.17, 15) is 14.7 Å². The highest BCUT2D eigenvalue weighted by Gasteiger charge is 2.20. The lowest BCUT2D eigenvalue weighted by atomic mass is 10.1. The number of carbonyl (C=O) groups is 2. The van der Waals surface area contributed by atoms with Crippen molar-refractivity contribution in [2.75, 3.05) is 6.54 Å². The second-order valence-electron chi connectivity index (χ2n) is 4.01. The summed E-state index contributed by atoms with van der Waals surface area (Å²) in [6, 6.07) is 0. The largest absolute Gasteiger partial charge is 0.389 e. The van der Waals surface area contributed by atoms with Crippen LogP contribution in [0.25, 0.3) is 0 Å². The second kappa shape index (κ2) is 4.37. The Bertz CT molecular complexity index is 203. The molecular formula is C9H17NO3. The minimum absolute atomic E-state index is 0.0876. The maximum Gasteiger partial charge on any atom is 0.287 e. The normalized spacial score (nSPS) is 11.5. The van der Waals surface area contributed by atoms with Crippen LogP contribution in [0, 0.1) is 5.92 Å². The van der Waals surface area contributed by atoms with E-state index in [1.165, 1.54) is 0 Å². The van der Waals surface area contributed by atoms with Gasteiger partial charge in [-0.1, -0.05) is 13.8 Å². The van der Waals surface area contributed by atoms with Gasteiger partial charge >= 0.3 is 0 Å². The Hall–Kier alpha value is -0.900. The van der Waals surface area contributed by atoms with Crippen molar-refractivity contribution in [1.29, 1.82) is 0 Å². The van der Waals surface area contributed by atoms with E-state index in [1.807, 2.05) is 0 Å². The molecule has 0 aliphatic rings. The highest BCUT2D eigenvalue weighted by molar-refractivity contribution is 6.36. The van der Waals surface area contributed by atoms with E-state index in [-0.39, 0.29) is 12.5 Å². The van der Waals surface area contributed by atoms with E-state index >= 15 is 0 Å². The first-order valence-corrected chi connectivity index (χ1v) is 4.28. The van der Waals surface area contributed by atoms with Crippen molar-refractivity contribution < 1.29 is 14.7 Å². The highest BCUT2D eigenvalue weighted by Crippen LogP contribution is 1.98. The average molecular weight is 187 g/mol. The van der Waals surface area contributed by atoms with Crippen LogP contribution in [0.2, 0.25) is 0 Å². The summed E-state index contributed by atoms with van der Waals surface area (Å²) in [6.45, 7) is 6.53. The van der Waals surface area contributed by atoms with Gasteiger partial charge in [-0.3, -0.25) is 9.59 Å². The van der Waals surface area contributed by atoms with E-state index < -0.39 is 17.3 Å². The highest BCUT2D eigenvalue weighted by atomic mass is 16.3. The Morgan fingerprint density at radius 3 is 2.15 bits per heavy atom. The molecule has 0 aromatic carbocycles. The van der Waals surface area contributed by atoms with Gasteiger partial charge in [-0.25, -0.2) is 0 Å². The topological polar surface area (TPSA) is 66.4 Å². The predicted molar refractivity (Wildman–Crippen MR) is 49.2 cm³/mol. The van der Waals surface area contributed by atoms with Crippen LogP contribution in [-0.2, 0) is 9.59 Å². The molecule has 4 nitrogen and oxygen atoms in total. The van der Waals surface area contributed by atoms with Crippen molar-refractivity contribution in [2.24, 2.45) is 5.92 Å². The maximum atomic E-state index is 11.1. The molecule has 4 heteroatoms. The van der Waals surface area contributed by atoms with Crippen molar-refractivity contribution in [2.45, 2.75) is 33.3 Å². The monoisotopic (exact) mass is 187 g/mol. The van der Waals surface area contributed by atoms with Crippen molar-refractivity contribution >= 4 is 11.7 Å². The Kier molecular flexibility index (Phi) is 4.07. The Morgan fingerprint density at radius 1 is 1.38 bits per heavy atom. The van der Waals surface area contributed by atoms with Crippen molar-refractivity contribution in [3.63, 3.8) is 0 Å². The van der Waals surface area contributed by atoms with Crippen LogP contribution in [0.3, 0.4) is 0 Å². The van der Waals surface area contributed by atoms with Gasteiger partial charge in [-0.05, 0) is 13.8 Å². The molecule has 0 aliphatic heterocycles. The van der Waals surface area contributed by atoms with Gasteiger partial charge in [-0.15, -0.1) is 0 Å². The number of nitrogens with one attached hydrogen (secondary N) is 1. The van der Waals surface area contributed by atoms with Crippen molar-refractivity contribution in [1.82, 2.24) is 5.32 Å². The SMILES string of the molecule is CC(C)C(=O)C(=O)NCC(C)(C)O. The molecule has 0 aromatic rings. The quantitative estimate of drug-likeness (QED) is 0.613. The number of hydrogen-bond donors (Lipinski definition) is 2. The zero-order chi connectivity index (χ0) is 10.6. The summed E-state index contributed by atoms with van der Waals surface area (Å²) in [4.78, 5) is 22.1. The third kappa shape index (κ3) is 5.36. The van der Waals surface area contributed by atoms with Gasteiger partial charge in [-0.2, -0.15) is 0 Å². The minimum Gasteiger partial charge on any atom is -0.389 e. The summed E-state index contributed by atoms with van der Waals surface area (Å²) in [5.74, 6) is -1.39. The second-order valence-corrected chi connectivity index (χ2v) is 4.01. The minimum atomic E-state index is -0.979. The summed E-state index contributed by atoms with van der Waals surface area (Å²) in [5, 5.41) is 11.6. The number of aliphatic hydroxyl groups is 1. The number of Topliss-reactive ketones (excluding diaryl/α,β-unsaturated/α-hetero) is 1. The molecule has 0 spiro atoms. The smallest absolute Gasteiger partial charge is 0.287 e. The molecule has 0 radical (unpaired) electrons. The summed E-state index contributed by atoms with van der Waals surface area (Å²) in [5.41, 5.74) is -0.979. The Morgan fingerprint density at radius 2 is 1.85 bits per heavy atom. The van der Waals surface area contributed by atoms with E-state index in [4.69, 9.17) is 0 Å². The van der Waals surface area contributed by atoms with E-state index in [2.05, 4.69) is 5.32 Å². The molecule has 13 heavy (non-hydrogen) atoms. The fourth-order valence-corrected chi connectivity index (χ4v) is 0.646. The van der Waals surface area contributed by atoms with Gasteiger partial charge in [0.05, 0.1) is 5.60 Å². The van der Waals surface area contributed by atoms with Crippen LogP contribution in [0.15, 0.2) is 0 Å². The van der Waals surface area contributed by atoms with Crippen LogP contribution in [0.4, 0.5) is 0 Å². The molecule has 0 fully saturated rings. The number of ketones is 1. The van der Waals surface area contributed by atoms with Crippen LogP contribution in [0.1, 0.15) is 27.7 Å². The first kappa shape index (κ1) is 12.1. The lowest BCUT2D eigenvalue weighted by Gasteiger charge is -2.17. The van der Waals surface area contributed by atoms with Gasteiger partial charge in [0.2, 0.25) is 5.78 Å². The van der Waals surface area contributed by atoms with Crippen LogP contribution in [0.5, 0.6) is 0 Å². The molecular weight excluding hydrogens is 170 g/mol. The molecule has 0 unspecified atom stereocenters. The van der Waals surface area contributed by atoms with Crippen molar-refractivity contribution in [3.05, 3.63) is 0 Å². The first-order chi connectivity index (χ1) is 5.74. The average Bonchev–Trinajstić information content (AvgIpc) is 1.97. The molecule has 0 atom stereocenters. The Balaban J connectivity index is 3.96. The fraction of sp³-hybridized carbons (Fsp3) is 0.778. The van der Waals surface area contributed by atoms with Crippen LogP contribution < -0.4 is 5.32 Å².